The molecule has 0 aliphatic rings. The Hall–Kier alpha value is -1.60. The largest absolute Gasteiger partial charge is 0.510 e. The van der Waals surface area contributed by atoms with Gasteiger partial charge in [0.1, 0.15) is 13.2 Å². The summed E-state index contributed by atoms with van der Waals surface area (Å²) in [5.41, 5.74) is 0. The van der Waals surface area contributed by atoms with Crippen molar-refractivity contribution in [3.05, 3.63) is 0 Å². The van der Waals surface area contributed by atoms with Crippen molar-refractivity contribution in [1.82, 2.24) is 0 Å². The summed E-state index contributed by atoms with van der Waals surface area (Å²) < 4.78 is 40.6. The molecule has 0 N–H and O–H groups in total. The van der Waals surface area contributed by atoms with Crippen molar-refractivity contribution in [3.8, 4) is 0 Å². The van der Waals surface area contributed by atoms with Crippen LogP contribution in [-0.4, -0.2) is 38.2 Å². The number of ether oxygens (including phenoxy) is 4. The first-order valence-electron chi connectivity index (χ1n) is 4.36. The van der Waals surface area contributed by atoms with Gasteiger partial charge >= 0.3 is 12.3 Å². The molecule has 0 fully saturated rings. The van der Waals surface area contributed by atoms with E-state index >= 15 is 0 Å². The summed E-state index contributed by atoms with van der Waals surface area (Å²) in [5, 5.41) is 0. The summed E-state index contributed by atoms with van der Waals surface area (Å²) in [6, 6.07) is 0. The van der Waals surface area contributed by atoms with Crippen molar-refractivity contribution in [2.75, 3.05) is 13.2 Å². The van der Waals surface area contributed by atoms with Crippen LogP contribution >= 0.6 is 0 Å². The third-order valence-corrected chi connectivity index (χ3v) is 1.04. The molecule has 0 amide bonds. The molecular formula is C8H12F2O6. The molecule has 0 aliphatic carbocycles. The van der Waals surface area contributed by atoms with Gasteiger partial charge in [0, 0.05) is 13.8 Å². The molecule has 0 saturated carbocycles. The van der Waals surface area contributed by atoms with Gasteiger partial charge in [0.25, 0.3) is 0 Å². The number of halogens is 2. The predicted molar refractivity (Wildman–Crippen MR) is 46.0 cm³/mol. The van der Waals surface area contributed by atoms with E-state index in [0.29, 0.717) is 0 Å². The van der Waals surface area contributed by atoms with Crippen LogP contribution in [0.5, 0.6) is 0 Å². The van der Waals surface area contributed by atoms with Crippen LogP contribution < -0.4 is 0 Å². The summed E-state index contributed by atoms with van der Waals surface area (Å²) in [6.45, 7) is 1.30. The highest BCUT2D eigenvalue weighted by Crippen LogP contribution is 1.97. The molecule has 0 heterocycles. The van der Waals surface area contributed by atoms with E-state index in [1.54, 1.807) is 0 Å². The van der Waals surface area contributed by atoms with Crippen molar-refractivity contribution >= 4 is 12.3 Å². The lowest BCUT2D eigenvalue weighted by atomic mass is 10.8. The van der Waals surface area contributed by atoms with Crippen LogP contribution in [0.25, 0.3) is 0 Å². The van der Waals surface area contributed by atoms with Gasteiger partial charge in [-0.1, -0.05) is 0 Å². The molecule has 16 heavy (non-hydrogen) atoms. The van der Waals surface area contributed by atoms with E-state index in [1.807, 2.05) is 0 Å². The van der Waals surface area contributed by atoms with E-state index in [2.05, 4.69) is 18.9 Å². The van der Waals surface area contributed by atoms with Crippen molar-refractivity contribution in [3.63, 3.8) is 0 Å². The fraction of sp³-hybridized carbons (Fsp3) is 0.750. The van der Waals surface area contributed by atoms with Gasteiger partial charge in [0.15, 0.2) is 0 Å². The van der Waals surface area contributed by atoms with Crippen LogP contribution in [0.15, 0.2) is 0 Å². The molecule has 2 atom stereocenters. The summed E-state index contributed by atoms with van der Waals surface area (Å²) in [6.07, 6.45) is -6.03. The van der Waals surface area contributed by atoms with E-state index in [4.69, 9.17) is 0 Å². The molecule has 0 aliphatic heterocycles. The number of hydrogen-bond acceptors (Lipinski definition) is 6. The Kier molecular flexibility index (Phi) is 6.89. The van der Waals surface area contributed by atoms with Gasteiger partial charge in [-0.15, -0.1) is 0 Å². The zero-order chi connectivity index (χ0) is 12.6. The molecule has 0 saturated heterocycles. The number of rotatable bonds is 5. The first-order valence-corrected chi connectivity index (χ1v) is 4.36. The van der Waals surface area contributed by atoms with Crippen LogP contribution in [-0.2, 0) is 18.9 Å². The lowest BCUT2D eigenvalue weighted by Crippen LogP contribution is -2.18. The van der Waals surface area contributed by atoms with Crippen molar-refractivity contribution in [1.29, 1.82) is 0 Å². The van der Waals surface area contributed by atoms with Gasteiger partial charge in [0.2, 0.25) is 12.7 Å². The van der Waals surface area contributed by atoms with Crippen LogP contribution in [0.2, 0.25) is 0 Å². The lowest BCUT2D eigenvalue weighted by molar-refractivity contribution is -0.0424. The summed E-state index contributed by atoms with van der Waals surface area (Å²) >= 11 is 0. The highest BCUT2D eigenvalue weighted by molar-refractivity contribution is 5.60. The second kappa shape index (κ2) is 7.66. The zero-order valence-electron chi connectivity index (χ0n) is 8.77. The lowest BCUT2D eigenvalue weighted by Gasteiger charge is -2.08. The molecule has 0 bridgehead atoms. The van der Waals surface area contributed by atoms with Gasteiger partial charge < -0.3 is 18.9 Å². The Morgan fingerprint density at radius 3 is 1.50 bits per heavy atom. The van der Waals surface area contributed by atoms with Gasteiger partial charge in [-0.3, -0.25) is 0 Å². The van der Waals surface area contributed by atoms with E-state index < -0.39 is 25.0 Å². The monoisotopic (exact) mass is 242 g/mol. The van der Waals surface area contributed by atoms with E-state index in [0.717, 1.165) is 13.8 Å². The molecule has 6 nitrogen and oxygen atoms in total. The minimum Gasteiger partial charge on any atom is -0.431 e. The second-order valence-corrected chi connectivity index (χ2v) is 2.52. The van der Waals surface area contributed by atoms with Gasteiger partial charge in [-0.05, 0) is 0 Å². The third kappa shape index (κ3) is 8.97. The maximum Gasteiger partial charge on any atom is 0.510 e. The Labute approximate surface area is 90.4 Å². The average Bonchev–Trinajstić information content (AvgIpc) is 2.10. The van der Waals surface area contributed by atoms with Gasteiger partial charge in [0.05, 0.1) is 0 Å². The number of carbonyl (C=O) groups is 2. The Morgan fingerprint density at radius 1 is 0.938 bits per heavy atom. The SMILES string of the molecule is CC(F)OC(=O)OCCOC(=O)OC(C)F. The standard InChI is InChI=1S/C8H12F2O6/c1-5(9)15-7(11)13-3-4-14-8(12)16-6(2)10/h5-6H,3-4H2,1-2H3. The van der Waals surface area contributed by atoms with Crippen LogP contribution in [0.1, 0.15) is 13.8 Å². The normalized spacial score (nSPS) is 13.5. The second-order valence-electron chi connectivity index (χ2n) is 2.52. The molecule has 0 rings (SSSR count). The minimum atomic E-state index is -1.79. The quantitative estimate of drug-likeness (QED) is 0.541. The van der Waals surface area contributed by atoms with E-state index in [9.17, 15) is 18.4 Å². The maximum atomic E-state index is 12.1. The van der Waals surface area contributed by atoms with Gasteiger partial charge in [-0.25, -0.2) is 18.4 Å². The molecular weight excluding hydrogens is 230 g/mol. The number of alkyl halides is 2. The van der Waals surface area contributed by atoms with Crippen LogP contribution in [0, 0.1) is 0 Å². The topological polar surface area (TPSA) is 71.1 Å². The zero-order valence-corrected chi connectivity index (χ0v) is 8.77. The van der Waals surface area contributed by atoms with Crippen molar-refractivity contribution in [2.45, 2.75) is 26.6 Å². The predicted octanol–water partition coefficient (Wildman–Crippen LogP) is 1.92. The van der Waals surface area contributed by atoms with Crippen molar-refractivity contribution < 1.29 is 37.3 Å². The molecule has 0 radical (unpaired) electrons. The highest BCUT2D eigenvalue weighted by atomic mass is 19.1. The average molecular weight is 242 g/mol. The van der Waals surface area contributed by atoms with Crippen LogP contribution in [0.3, 0.4) is 0 Å². The van der Waals surface area contributed by atoms with Crippen LogP contribution in [0.4, 0.5) is 18.4 Å². The Balaban J connectivity index is 3.46. The molecule has 0 aromatic rings. The Morgan fingerprint density at radius 2 is 1.25 bits per heavy atom. The first kappa shape index (κ1) is 14.4. The maximum absolute atomic E-state index is 12.1. The fourth-order valence-electron chi connectivity index (χ4n) is 0.583. The fourth-order valence-corrected chi connectivity index (χ4v) is 0.583. The van der Waals surface area contributed by atoms with Crippen molar-refractivity contribution in [2.24, 2.45) is 0 Å². The van der Waals surface area contributed by atoms with Gasteiger partial charge in [-0.2, -0.15) is 0 Å². The number of hydrogen-bond donors (Lipinski definition) is 0. The number of carbonyl (C=O) groups excluding carboxylic acids is 2. The Bertz CT molecular complexity index is 207. The smallest absolute Gasteiger partial charge is 0.431 e. The molecule has 0 aromatic carbocycles. The van der Waals surface area contributed by atoms with E-state index in [1.165, 1.54) is 0 Å². The summed E-state index contributed by atoms with van der Waals surface area (Å²) in [5.74, 6) is 0. The molecule has 8 heteroatoms. The molecule has 2 unspecified atom stereocenters. The highest BCUT2D eigenvalue weighted by Gasteiger charge is 2.11. The molecule has 0 aromatic heterocycles. The van der Waals surface area contributed by atoms with E-state index in [-0.39, 0.29) is 13.2 Å². The summed E-state index contributed by atoms with van der Waals surface area (Å²) in [4.78, 5) is 21.1. The minimum absolute atomic E-state index is 0.346. The first-order chi connectivity index (χ1) is 7.41. The molecule has 94 valence electrons. The molecule has 0 spiro atoms. The third-order valence-electron chi connectivity index (χ3n) is 1.04. The summed E-state index contributed by atoms with van der Waals surface area (Å²) in [7, 11) is 0.